The number of anilines is 1. The number of benzene rings is 2. The Bertz CT molecular complexity index is 629. The molecule has 2 aromatic rings. The van der Waals surface area contributed by atoms with Crippen LogP contribution >= 0.6 is 0 Å². The van der Waals surface area contributed by atoms with E-state index in [4.69, 9.17) is 5.73 Å². The highest BCUT2D eigenvalue weighted by Crippen LogP contribution is 2.12. The van der Waals surface area contributed by atoms with E-state index in [2.05, 4.69) is 33.9 Å². The number of aliphatic hydroxyl groups excluding tert-OH is 1. The van der Waals surface area contributed by atoms with Gasteiger partial charge in [0.25, 0.3) is 0 Å². The maximum Gasteiger partial charge on any atom is 0.337 e. The fourth-order valence-electron chi connectivity index (χ4n) is 2.53. The molecule has 0 saturated carbocycles. The van der Waals surface area contributed by atoms with E-state index >= 15 is 0 Å². The molecule has 0 unspecified atom stereocenters. The van der Waals surface area contributed by atoms with Crippen molar-refractivity contribution in [3.05, 3.63) is 65.7 Å². The second kappa shape index (κ2) is 9.05. The van der Waals surface area contributed by atoms with Crippen molar-refractivity contribution in [3.63, 3.8) is 0 Å². The predicted octanol–water partition coefficient (Wildman–Crippen LogP) is 2.31. The van der Waals surface area contributed by atoms with Gasteiger partial charge in [-0.05, 0) is 36.2 Å². The molecule has 3 rings (SSSR count). The zero-order valence-corrected chi connectivity index (χ0v) is 13.9. The Hall–Kier alpha value is -2.37. The van der Waals surface area contributed by atoms with Crippen molar-refractivity contribution in [2.75, 3.05) is 25.9 Å². The number of nitrogen functional groups attached to an aromatic ring is 1. The molecule has 0 radical (unpaired) electrons. The lowest BCUT2D eigenvalue weighted by molar-refractivity contribution is 0.0601. The fraction of sp³-hybridized carbons (Fsp3) is 0.316. The van der Waals surface area contributed by atoms with Crippen molar-refractivity contribution in [1.82, 2.24) is 4.90 Å². The number of β-amino-alcohol motifs (C(OH)–C–C–N with tert-alkyl or cyclic N) is 1. The van der Waals surface area contributed by atoms with Gasteiger partial charge in [0.1, 0.15) is 0 Å². The third kappa shape index (κ3) is 5.68. The molecule has 1 aliphatic heterocycles. The summed E-state index contributed by atoms with van der Waals surface area (Å²) in [6.07, 6.45) is 0.816. The van der Waals surface area contributed by atoms with E-state index in [9.17, 15) is 9.90 Å². The summed E-state index contributed by atoms with van der Waals surface area (Å²) < 4.78 is 4.50. The molecule has 1 heterocycles. The highest BCUT2D eigenvalue weighted by atomic mass is 16.5. The average Bonchev–Trinajstić information content (AvgIpc) is 3.01. The lowest BCUT2D eigenvalue weighted by atomic mass is 10.2. The van der Waals surface area contributed by atoms with Crippen molar-refractivity contribution >= 4 is 11.7 Å². The first kappa shape index (κ1) is 18.0. The Morgan fingerprint density at radius 3 is 2.42 bits per heavy atom. The van der Waals surface area contributed by atoms with Gasteiger partial charge in [0.2, 0.25) is 0 Å². The molecule has 0 spiro atoms. The second-order valence-corrected chi connectivity index (χ2v) is 5.78. The van der Waals surface area contributed by atoms with E-state index < -0.39 is 0 Å². The molecule has 128 valence electrons. The van der Waals surface area contributed by atoms with Crippen LogP contribution in [0.2, 0.25) is 0 Å². The van der Waals surface area contributed by atoms with Gasteiger partial charge in [-0.25, -0.2) is 4.79 Å². The number of carbonyl (C=O) groups excluding carboxylic acids is 1. The smallest absolute Gasteiger partial charge is 0.337 e. The summed E-state index contributed by atoms with van der Waals surface area (Å²) in [7, 11) is 1.35. The van der Waals surface area contributed by atoms with Crippen LogP contribution in [0, 0.1) is 0 Å². The van der Waals surface area contributed by atoms with Gasteiger partial charge in [-0.1, -0.05) is 30.3 Å². The highest BCUT2D eigenvalue weighted by Gasteiger charge is 2.19. The maximum atomic E-state index is 10.9. The van der Waals surface area contributed by atoms with Gasteiger partial charge in [0.05, 0.1) is 18.8 Å². The summed E-state index contributed by atoms with van der Waals surface area (Å²) in [6, 6.07) is 17.0. The number of rotatable bonds is 3. The van der Waals surface area contributed by atoms with Crippen LogP contribution in [-0.4, -0.2) is 42.3 Å². The summed E-state index contributed by atoms with van der Waals surface area (Å²) >= 11 is 0. The number of methoxy groups -OCH3 is 1. The van der Waals surface area contributed by atoms with Crippen LogP contribution < -0.4 is 5.73 Å². The second-order valence-electron chi connectivity index (χ2n) is 5.78. The molecule has 0 amide bonds. The average molecular weight is 328 g/mol. The summed E-state index contributed by atoms with van der Waals surface area (Å²) in [4.78, 5) is 13.2. The lowest BCUT2D eigenvalue weighted by Gasteiger charge is -2.14. The van der Waals surface area contributed by atoms with E-state index in [1.54, 1.807) is 24.3 Å². The number of ether oxygens (including phenoxy) is 1. The van der Waals surface area contributed by atoms with Gasteiger partial charge < -0.3 is 15.6 Å². The molecule has 24 heavy (non-hydrogen) atoms. The monoisotopic (exact) mass is 328 g/mol. The molecule has 0 aliphatic carbocycles. The van der Waals surface area contributed by atoms with Crippen LogP contribution in [0.25, 0.3) is 0 Å². The van der Waals surface area contributed by atoms with Gasteiger partial charge in [0.15, 0.2) is 0 Å². The molecular weight excluding hydrogens is 304 g/mol. The first-order valence-corrected chi connectivity index (χ1v) is 7.96. The Morgan fingerprint density at radius 2 is 1.88 bits per heavy atom. The molecule has 2 aromatic carbocycles. The third-order valence-electron chi connectivity index (χ3n) is 3.83. The summed E-state index contributed by atoms with van der Waals surface area (Å²) in [5, 5.41) is 9.34. The molecule has 1 saturated heterocycles. The standard InChI is InChI=1S/C11H15NO.C8H9NO2/c13-11-6-7-12(9-11)8-10-4-2-1-3-5-10;1-11-8(10)6-2-4-7(9)5-3-6/h1-5,11,13H,6-9H2;2-5H,9H2,1H3/t11-;/m0./s1. The van der Waals surface area contributed by atoms with Crippen LogP contribution in [0.5, 0.6) is 0 Å². The van der Waals surface area contributed by atoms with Gasteiger partial charge in [0, 0.05) is 25.3 Å². The van der Waals surface area contributed by atoms with E-state index in [1.165, 1.54) is 12.7 Å². The molecule has 3 N–H and O–H groups in total. The highest BCUT2D eigenvalue weighted by molar-refractivity contribution is 5.89. The van der Waals surface area contributed by atoms with Gasteiger partial charge in [-0.2, -0.15) is 0 Å². The maximum absolute atomic E-state index is 10.9. The number of likely N-dealkylation sites (tertiary alicyclic amines) is 1. The zero-order chi connectivity index (χ0) is 17.4. The number of hydrogen-bond donors (Lipinski definition) is 2. The minimum Gasteiger partial charge on any atom is -0.465 e. The van der Waals surface area contributed by atoms with Crippen LogP contribution in [-0.2, 0) is 11.3 Å². The number of aliphatic hydroxyl groups is 1. The van der Waals surface area contributed by atoms with E-state index in [1.807, 2.05) is 6.07 Å². The largest absolute Gasteiger partial charge is 0.465 e. The quantitative estimate of drug-likeness (QED) is 0.668. The van der Waals surface area contributed by atoms with Crippen LogP contribution in [0.1, 0.15) is 22.3 Å². The van der Waals surface area contributed by atoms with Crippen molar-refractivity contribution in [2.45, 2.75) is 19.1 Å². The third-order valence-corrected chi connectivity index (χ3v) is 3.83. The molecule has 5 heteroatoms. The van der Waals surface area contributed by atoms with Crippen molar-refractivity contribution in [3.8, 4) is 0 Å². The molecule has 0 aromatic heterocycles. The zero-order valence-electron chi connectivity index (χ0n) is 13.9. The summed E-state index contributed by atoms with van der Waals surface area (Å²) in [5.74, 6) is -0.343. The van der Waals surface area contributed by atoms with Crippen molar-refractivity contribution in [1.29, 1.82) is 0 Å². The lowest BCUT2D eigenvalue weighted by Crippen LogP contribution is -2.21. The Morgan fingerprint density at radius 1 is 1.21 bits per heavy atom. The SMILES string of the molecule is COC(=O)c1ccc(N)cc1.O[C@H]1CCN(Cc2ccccc2)C1. The molecule has 1 aliphatic rings. The molecular formula is C19H24N2O3. The van der Waals surface area contributed by atoms with Gasteiger partial charge in [-0.15, -0.1) is 0 Å². The van der Waals surface area contributed by atoms with Crippen LogP contribution in [0.4, 0.5) is 5.69 Å². The number of carbonyl (C=O) groups is 1. The molecule has 1 fully saturated rings. The summed E-state index contributed by atoms with van der Waals surface area (Å²) in [5.41, 5.74) is 7.90. The van der Waals surface area contributed by atoms with E-state index in [0.717, 1.165) is 26.1 Å². The predicted molar refractivity (Wildman–Crippen MR) is 94.5 cm³/mol. The molecule has 1 atom stereocenters. The number of hydrogen-bond acceptors (Lipinski definition) is 5. The number of nitrogens with zero attached hydrogens (tertiary/aromatic N) is 1. The van der Waals surface area contributed by atoms with Crippen molar-refractivity contribution < 1.29 is 14.6 Å². The molecule has 0 bridgehead atoms. The van der Waals surface area contributed by atoms with E-state index in [-0.39, 0.29) is 12.1 Å². The Balaban J connectivity index is 0.000000177. The minimum absolute atomic E-state index is 0.108. The summed E-state index contributed by atoms with van der Waals surface area (Å²) in [6.45, 7) is 2.82. The van der Waals surface area contributed by atoms with Crippen LogP contribution in [0.3, 0.4) is 0 Å². The molecule has 5 nitrogen and oxygen atoms in total. The first-order chi connectivity index (χ1) is 11.6. The van der Waals surface area contributed by atoms with Gasteiger partial charge >= 0.3 is 5.97 Å². The van der Waals surface area contributed by atoms with E-state index in [0.29, 0.717) is 11.3 Å². The minimum atomic E-state index is -0.343. The van der Waals surface area contributed by atoms with Crippen molar-refractivity contribution in [2.24, 2.45) is 0 Å². The number of nitrogens with two attached hydrogens (primary N) is 1. The van der Waals surface area contributed by atoms with Gasteiger partial charge in [-0.3, -0.25) is 4.90 Å². The fourth-order valence-corrected chi connectivity index (χ4v) is 2.53. The number of esters is 1. The van der Waals surface area contributed by atoms with Crippen LogP contribution in [0.15, 0.2) is 54.6 Å². The Labute approximate surface area is 142 Å². The Kier molecular flexibility index (Phi) is 6.78. The first-order valence-electron chi connectivity index (χ1n) is 7.96. The topological polar surface area (TPSA) is 75.8 Å². The normalized spacial score (nSPS) is 17.0.